The third-order valence-corrected chi connectivity index (χ3v) is 5.01. The molecule has 0 bridgehead atoms. The zero-order chi connectivity index (χ0) is 14.9. The molecule has 1 atom stereocenters. The van der Waals surface area contributed by atoms with Gasteiger partial charge in [0.25, 0.3) is 0 Å². The number of hydrogen-bond acceptors (Lipinski definition) is 2. The molecule has 0 aliphatic rings. The van der Waals surface area contributed by atoms with Crippen molar-refractivity contribution in [3.63, 3.8) is 0 Å². The SMILES string of the molecule is CCc1ccc(CC(C)(O)c2cc(F)c(Cl)cc2Cl)s1. The van der Waals surface area contributed by atoms with Gasteiger partial charge in [-0.3, -0.25) is 0 Å². The Morgan fingerprint density at radius 3 is 2.45 bits per heavy atom. The van der Waals surface area contributed by atoms with E-state index in [1.807, 2.05) is 12.1 Å². The molecule has 1 heterocycles. The van der Waals surface area contributed by atoms with E-state index in [1.165, 1.54) is 17.0 Å². The largest absolute Gasteiger partial charge is 0.385 e. The molecule has 2 aromatic rings. The Hall–Kier alpha value is -0.610. The first kappa shape index (κ1) is 15.8. The summed E-state index contributed by atoms with van der Waals surface area (Å²) in [6.45, 7) is 3.71. The summed E-state index contributed by atoms with van der Waals surface area (Å²) >= 11 is 13.4. The highest BCUT2D eigenvalue weighted by molar-refractivity contribution is 7.12. The Morgan fingerprint density at radius 2 is 1.85 bits per heavy atom. The summed E-state index contributed by atoms with van der Waals surface area (Å²) in [7, 11) is 0. The van der Waals surface area contributed by atoms with E-state index in [-0.39, 0.29) is 10.0 Å². The molecule has 20 heavy (non-hydrogen) atoms. The van der Waals surface area contributed by atoms with Crippen LogP contribution in [0.1, 0.15) is 29.2 Å². The van der Waals surface area contributed by atoms with E-state index < -0.39 is 11.4 Å². The summed E-state index contributed by atoms with van der Waals surface area (Å²) in [4.78, 5) is 2.29. The summed E-state index contributed by atoms with van der Waals surface area (Å²) < 4.78 is 13.6. The standard InChI is InChI=1S/C15H15Cl2FOS/c1-3-9-4-5-10(20-9)8-15(2,19)11-6-14(18)13(17)7-12(11)16/h4-7,19H,3,8H2,1-2H3. The van der Waals surface area contributed by atoms with Crippen molar-refractivity contribution in [3.05, 3.63) is 55.4 Å². The minimum absolute atomic E-state index is 0.0426. The van der Waals surface area contributed by atoms with Crippen LogP contribution in [0.15, 0.2) is 24.3 Å². The summed E-state index contributed by atoms with van der Waals surface area (Å²) in [5.74, 6) is -0.577. The summed E-state index contributed by atoms with van der Waals surface area (Å²) in [5, 5.41) is 10.9. The maximum absolute atomic E-state index is 13.6. The van der Waals surface area contributed by atoms with Crippen LogP contribution in [0.5, 0.6) is 0 Å². The van der Waals surface area contributed by atoms with Gasteiger partial charge in [-0.25, -0.2) is 4.39 Å². The van der Waals surface area contributed by atoms with Gasteiger partial charge in [0.2, 0.25) is 0 Å². The molecule has 1 aromatic carbocycles. The van der Waals surface area contributed by atoms with E-state index >= 15 is 0 Å². The van der Waals surface area contributed by atoms with Crippen molar-refractivity contribution in [1.29, 1.82) is 0 Å². The predicted molar refractivity (Wildman–Crippen MR) is 83.4 cm³/mol. The topological polar surface area (TPSA) is 20.2 Å². The van der Waals surface area contributed by atoms with E-state index in [9.17, 15) is 9.50 Å². The Balaban J connectivity index is 2.32. The molecule has 108 valence electrons. The normalized spacial score (nSPS) is 14.3. The van der Waals surface area contributed by atoms with Crippen LogP contribution in [-0.2, 0) is 18.4 Å². The van der Waals surface area contributed by atoms with Gasteiger partial charge in [0.15, 0.2) is 0 Å². The Bertz CT molecular complexity index is 622. The highest BCUT2D eigenvalue weighted by Gasteiger charge is 2.28. The smallest absolute Gasteiger partial charge is 0.142 e. The molecule has 0 saturated carbocycles. The van der Waals surface area contributed by atoms with Gasteiger partial charge in [0.05, 0.1) is 10.6 Å². The van der Waals surface area contributed by atoms with Crippen LogP contribution < -0.4 is 0 Å². The van der Waals surface area contributed by atoms with Gasteiger partial charge < -0.3 is 5.11 Å². The molecule has 0 amide bonds. The molecule has 1 N–H and O–H groups in total. The monoisotopic (exact) mass is 332 g/mol. The number of aliphatic hydroxyl groups is 1. The van der Waals surface area contributed by atoms with Crippen molar-refractivity contribution >= 4 is 34.5 Å². The van der Waals surface area contributed by atoms with Gasteiger partial charge in [-0.1, -0.05) is 30.1 Å². The lowest BCUT2D eigenvalue weighted by atomic mass is 9.91. The second kappa shape index (κ2) is 6.02. The molecule has 0 fully saturated rings. The van der Waals surface area contributed by atoms with E-state index in [2.05, 4.69) is 6.92 Å². The van der Waals surface area contributed by atoms with Gasteiger partial charge in [-0.2, -0.15) is 0 Å². The van der Waals surface area contributed by atoms with Crippen molar-refractivity contribution in [1.82, 2.24) is 0 Å². The highest BCUT2D eigenvalue weighted by Crippen LogP contribution is 2.35. The fourth-order valence-electron chi connectivity index (χ4n) is 2.08. The molecule has 1 aromatic heterocycles. The molecule has 1 unspecified atom stereocenters. The fraction of sp³-hybridized carbons (Fsp3) is 0.333. The fourth-order valence-corrected chi connectivity index (χ4v) is 3.77. The molecule has 0 spiro atoms. The van der Waals surface area contributed by atoms with Gasteiger partial charge >= 0.3 is 0 Å². The molecule has 0 radical (unpaired) electrons. The minimum Gasteiger partial charge on any atom is -0.385 e. The maximum Gasteiger partial charge on any atom is 0.142 e. The number of aryl methyl sites for hydroxylation is 1. The first-order valence-corrected chi connectivity index (χ1v) is 7.85. The second-order valence-electron chi connectivity index (χ2n) is 4.92. The molecule has 2 rings (SSSR count). The number of thiophene rings is 1. The number of rotatable bonds is 4. The lowest BCUT2D eigenvalue weighted by Crippen LogP contribution is -2.24. The molecular formula is C15H15Cl2FOS. The van der Waals surface area contributed by atoms with E-state index in [4.69, 9.17) is 23.2 Å². The summed E-state index contributed by atoms with van der Waals surface area (Å²) in [6.07, 6.45) is 1.35. The zero-order valence-electron chi connectivity index (χ0n) is 11.2. The Morgan fingerprint density at radius 1 is 1.20 bits per heavy atom. The lowest BCUT2D eigenvalue weighted by Gasteiger charge is -2.24. The Kier molecular flexibility index (Phi) is 4.75. The molecule has 1 nitrogen and oxygen atoms in total. The molecule has 5 heteroatoms. The molecule has 0 aliphatic carbocycles. The quantitative estimate of drug-likeness (QED) is 0.762. The van der Waals surface area contributed by atoms with Crippen molar-refractivity contribution < 1.29 is 9.50 Å². The number of hydrogen-bond donors (Lipinski definition) is 1. The van der Waals surface area contributed by atoms with Crippen LogP contribution in [-0.4, -0.2) is 5.11 Å². The summed E-state index contributed by atoms with van der Waals surface area (Å²) in [6, 6.07) is 6.56. The molecule has 0 aliphatic heterocycles. The first-order valence-electron chi connectivity index (χ1n) is 6.28. The van der Waals surface area contributed by atoms with Crippen molar-refractivity contribution in [2.75, 3.05) is 0 Å². The van der Waals surface area contributed by atoms with E-state index in [1.54, 1.807) is 18.3 Å². The van der Waals surface area contributed by atoms with Crippen LogP contribution >= 0.6 is 34.5 Å². The summed E-state index contributed by atoms with van der Waals surface area (Å²) in [5.41, 5.74) is -0.884. The second-order valence-corrected chi connectivity index (χ2v) is 6.99. The Labute approximate surface area is 132 Å². The van der Waals surface area contributed by atoms with Crippen molar-refractivity contribution in [2.45, 2.75) is 32.3 Å². The predicted octanol–water partition coefficient (Wildman–Crippen LogP) is 5.21. The number of benzene rings is 1. The first-order chi connectivity index (χ1) is 9.33. The van der Waals surface area contributed by atoms with Crippen LogP contribution in [0.25, 0.3) is 0 Å². The zero-order valence-corrected chi connectivity index (χ0v) is 13.5. The minimum atomic E-state index is -1.24. The van der Waals surface area contributed by atoms with Gasteiger partial charge in [-0.15, -0.1) is 11.3 Å². The lowest BCUT2D eigenvalue weighted by molar-refractivity contribution is 0.0582. The third kappa shape index (κ3) is 3.34. The third-order valence-electron chi connectivity index (χ3n) is 3.17. The van der Waals surface area contributed by atoms with Crippen molar-refractivity contribution in [3.8, 4) is 0 Å². The van der Waals surface area contributed by atoms with Gasteiger partial charge in [-0.05, 0) is 37.6 Å². The van der Waals surface area contributed by atoms with E-state index in [0.29, 0.717) is 12.0 Å². The highest BCUT2D eigenvalue weighted by atomic mass is 35.5. The van der Waals surface area contributed by atoms with Crippen molar-refractivity contribution in [2.24, 2.45) is 0 Å². The van der Waals surface area contributed by atoms with Crippen LogP contribution in [0, 0.1) is 5.82 Å². The molecule has 0 saturated heterocycles. The average molecular weight is 333 g/mol. The number of halogens is 3. The van der Waals surface area contributed by atoms with Gasteiger partial charge in [0.1, 0.15) is 5.82 Å². The maximum atomic E-state index is 13.6. The molecular weight excluding hydrogens is 318 g/mol. The van der Waals surface area contributed by atoms with Crippen LogP contribution in [0.3, 0.4) is 0 Å². The van der Waals surface area contributed by atoms with Crippen LogP contribution in [0.2, 0.25) is 10.0 Å². The van der Waals surface area contributed by atoms with Crippen LogP contribution in [0.4, 0.5) is 4.39 Å². The van der Waals surface area contributed by atoms with E-state index in [0.717, 1.165) is 11.3 Å². The average Bonchev–Trinajstić information content (AvgIpc) is 2.80. The van der Waals surface area contributed by atoms with Gasteiger partial charge in [0, 0.05) is 26.8 Å².